The van der Waals surface area contributed by atoms with Gasteiger partial charge < -0.3 is 34.3 Å². The van der Waals surface area contributed by atoms with Gasteiger partial charge in [-0.2, -0.15) is 0 Å². The van der Waals surface area contributed by atoms with E-state index in [1.54, 1.807) is 7.05 Å². The molecule has 2 N–H and O–H groups in total. The minimum atomic E-state index is 0.351. The van der Waals surface area contributed by atoms with Crippen LogP contribution in [0.4, 0.5) is 5.69 Å². The van der Waals surface area contributed by atoms with Crippen molar-refractivity contribution in [1.82, 2.24) is 5.32 Å². The fourth-order valence-corrected chi connectivity index (χ4v) is 4.63. The van der Waals surface area contributed by atoms with Gasteiger partial charge >= 0.3 is 0 Å². The Hall–Kier alpha value is -2.30. The van der Waals surface area contributed by atoms with Crippen molar-refractivity contribution in [2.45, 2.75) is 53.9 Å². The molecular weight excluding hydrogens is 544 g/mol. The lowest BCUT2D eigenvalue weighted by Gasteiger charge is -2.18. The Kier molecular flexibility index (Phi) is 16.1. The highest BCUT2D eigenvalue weighted by molar-refractivity contribution is 7.80. The van der Waals surface area contributed by atoms with E-state index in [0.29, 0.717) is 63.2 Å². The van der Waals surface area contributed by atoms with Gasteiger partial charge in [0.1, 0.15) is 13.2 Å². The van der Waals surface area contributed by atoms with Crippen LogP contribution in [0.1, 0.15) is 52.8 Å². The Labute approximate surface area is 251 Å². The first-order valence-corrected chi connectivity index (χ1v) is 14.8. The smallest absolute Gasteiger partial charge is 0.261 e. The van der Waals surface area contributed by atoms with Gasteiger partial charge in [0.05, 0.1) is 39.6 Å². The SMILES string of the molecule is CCc1cc(Cc2cc(C)c(NC(=S)OCCOCCOCCOCCOC(=S)NC)c(CC)c2)cc(C)c1C. The van der Waals surface area contributed by atoms with Crippen LogP contribution in [-0.4, -0.2) is 70.3 Å². The van der Waals surface area contributed by atoms with Gasteiger partial charge in [-0.05, 0) is 103 Å². The van der Waals surface area contributed by atoms with Crippen molar-refractivity contribution in [2.24, 2.45) is 0 Å². The van der Waals surface area contributed by atoms with Crippen LogP contribution in [0.2, 0.25) is 0 Å². The largest absolute Gasteiger partial charge is 0.469 e. The second kappa shape index (κ2) is 18.9. The summed E-state index contributed by atoms with van der Waals surface area (Å²) in [6.07, 6.45) is 2.87. The Balaban J connectivity index is 1.68. The molecule has 0 atom stereocenters. The molecule has 9 heteroatoms. The monoisotopic (exact) mass is 590 g/mol. The summed E-state index contributed by atoms with van der Waals surface area (Å²) in [6.45, 7) is 14.5. The number of benzene rings is 2. The van der Waals surface area contributed by atoms with E-state index in [1.807, 2.05) is 0 Å². The van der Waals surface area contributed by atoms with Gasteiger partial charge in [0.15, 0.2) is 0 Å². The lowest BCUT2D eigenvalue weighted by Crippen LogP contribution is -2.21. The standard InChI is InChI=1S/C31H46N2O5S2/c1-7-27-20-25(17-22(3)24(27)5)19-26-18-23(4)29(28(8-2)21-26)33-31(40)38-16-14-36-12-10-34-9-11-35-13-15-37-30(39)32-6/h17-18,20-21H,7-16,19H2,1-6H3,(H,32,39)(H,33,40). The second-order valence-corrected chi connectivity index (χ2v) is 10.3. The molecule has 0 radical (unpaired) electrons. The topological polar surface area (TPSA) is 70.2 Å². The number of aryl methyl sites for hydroxylation is 4. The molecule has 40 heavy (non-hydrogen) atoms. The van der Waals surface area contributed by atoms with Crippen LogP contribution in [0.25, 0.3) is 0 Å². The quantitative estimate of drug-likeness (QED) is 0.181. The molecule has 2 aromatic rings. The summed E-state index contributed by atoms with van der Waals surface area (Å²) in [4.78, 5) is 0. The van der Waals surface area contributed by atoms with Gasteiger partial charge in [0.2, 0.25) is 0 Å². The zero-order chi connectivity index (χ0) is 29.3. The summed E-state index contributed by atoms with van der Waals surface area (Å²) in [6, 6.07) is 9.18. The third-order valence-electron chi connectivity index (χ3n) is 6.58. The Bertz CT molecular complexity index is 1090. The zero-order valence-electron chi connectivity index (χ0n) is 24.9. The zero-order valence-corrected chi connectivity index (χ0v) is 26.6. The van der Waals surface area contributed by atoms with Gasteiger partial charge in [-0.25, -0.2) is 0 Å². The number of ether oxygens (including phenoxy) is 5. The van der Waals surface area contributed by atoms with E-state index in [-0.39, 0.29) is 0 Å². The number of nitrogens with one attached hydrogen (secondary N) is 2. The normalized spacial score (nSPS) is 10.8. The molecule has 7 nitrogen and oxygen atoms in total. The molecule has 0 saturated carbocycles. The van der Waals surface area contributed by atoms with E-state index in [1.165, 1.54) is 33.4 Å². The van der Waals surface area contributed by atoms with E-state index >= 15 is 0 Å². The fraction of sp³-hybridized carbons (Fsp3) is 0.548. The molecule has 0 bridgehead atoms. The maximum Gasteiger partial charge on any atom is 0.261 e. The van der Waals surface area contributed by atoms with Gasteiger partial charge in [-0.1, -0.05) is 38.1 Å². The van der Waals surface area contributed by atoms with Crippen molar-refractivity contribution in [3.63, 3.8) is 0 Å². The molecule has 0 spiro atoms. The third kappa shape index (κ3) is 12.1. The predicted molar refractivity (Wildman–Crippen MR) is 171 cm³/mol. The van der Waals surface area contributed by atoms with Crippen LogP contribution in [0.15, 0.2) is 24.3 Å². The second-order valence-electron chi connectivity index (χ2n) is 9.51. The first kappa shape index (κ1) is 33.9. The van der Waals surface area contributed by atoms with Crippen LogP contribution in [0.5, 0.6) is 0 Å². The van der Waals surface area contributed by atoms with Crippen LogP contribution in [0.3, 0.4) is 0 Å². The highest BCUT2D eigenvalue weighted by Crippen LogP contribution is 2.26. The molecule has 0 amide bonds. The highest BCUT2D eigenvalue weighted by Gasteiger charge is 2.11. The lowest BCUT2D eigenvalue weighted by molar-refractivity contribution is 0.00393. The van der Waals surface area contributed by atoms with E-state index in [2.05, 4.69) is 69.5 Å². The van der Waals surface area contributed by atoms with Crippen molar-refractivity contribution >= 4 is 40.5 Å². The molecule has 0 heterocycles. The Morgan fingerprint density at radius 3 is 1.65 bits per heavy atom. The minimum absolute atomic E-state index is 0.351. The minimum Gasteiger partial charge on any atom is -0.469 e. The van der Waals surface area contributed by atoms with Crippen LogP contribution < -0.4 is 10.6 Å². The van der Waals surface area contributed by atoms with E-state index < -0.39 is 0 Å². The van der Waals surface area contributed by atoms with Crippen molar-refractivity contribution in [2.75, 3.05) is 65.2 Å². The fourth-order valence-electron chi connectivity index (χ4n) is 4.36. The highest BCUT2D eigenvalue weighted by atomic mass is 32.1. The molecule has 0 aliphatic heterocycles. The number of anilines is 1. The summed E-state index contributed by atoms with van der Waals surface area (Å²) in [5, 5.41) is 6.75. The molecule has 0 unspecified atom stereocenters. The number of rotatable bonds is 17. The third-order valence-corrected chi connectivity index (χ3v) is 7.12. The van der Waals surface area contributed by atoms with Crippen molar-refractivity contribution in [1.29, 1.82) is 0 Å². The van der Waals surface area contributed by atoms with E-state index in [0.717, 1.165) is 30.5 Å². The molecule has 0 aliphatic carbocycles. The first-order valence-electron chi connectivity index (χ1n) is 14.0. The van der Waals surface area contributed by atoms with Crippen molar-refractivity contribution < 1.29 is 23.7 Å². The van der Waals surface area contributed by atoms with Gasteiger partial charge in [0.25, 0.3) is 10.3 Å². The van der Waals surface area contributed by atoms with Crippen LogP contribution in [-0.2, 0) is 42.9 Å². The summed E-state index contributed by atoms with van der Waals surface area (Å²) < 4.78 is 27.3. The average molecular weight is 591 g/mol. The summed E-state index contributed by atoms with van der Waals surface area (Å²) in [5.41, 5.74) is 10.3. The number of hydrogen-bond donors (Lipinski definition) is 2. The molecule has 2 rings (SSSR count). The molecule has 2 aromatic carbocycles. The molecule has 0 saturated heterocycles. The summed E-state index contributed by atoms with van der Waals surface area (Å²) >= 11 is 10.3. The predicted octanol–water partition coefficient (Wildman–Crippen LogP) is 5.61. The lowest BCUT2D eigenvalue weighted by atomic mass is 9.93. The van der Waals surface area contributed by atoms with E-state index in [4.69, 9.17) is 48.1 Å². The van der Waals surface area contributed by atoms with Crippen molar-refractivity contribution in [3.05, 3.63) is 63.2 Å². The maximum absolute atomic E-state index is 5.69. The average Bonchev–Trinajstić information content (AvgIpc) is 2.94. The summed E-state index contributed by atoms with van der Waals surface area (Å²) in [5.74, 6) is 0. The molecule has 0 aliphatic rings. The Morgan fingerprint density at radius 1 is 0.650 bits per heavy atom. The molecule has 0 aromatic heterocycles. The summed E-state index contributed by atoms with van der Waals surface area (Å²) in [7, 11) is 1.72. The number of hydrogen-bond acceptors (Lipinski definition) is 7. The van der Waals surface area contributed by atoms with Gasteiger partial charge in [0, 0.05) is 12.7 Å². The van der Waals surface area contributed by atoms with Crippen LogP contribution >= 0.6 is 24.4 Å². The maximum atomic E-state index is 5.69. The van der Waals surface area contributed by atoms with Crippen molar-refractivity contribution in [3.8, 4) is 0 Å². The molecule has 222 valence electrons. The number of thiocarbonyl (C=S) groups is 2. The molecular formula is C31H46N2O5S2. The Morgan fingerprint density at radius 2 is 1.12 bits per heavy atom. The first-order chi connectivity index (χ1) is 19.3. The molecule has 0 fully saturated rings. The van der Waals surface area contributed by atoms with E-state index in [9.17, 15) is 0 Å². The van der Waals surface area contributed by atoms with Gasteiger partial charge in [-0.3, -0.25) is 0 Å². The van der Waals surface area contributed by atoms with Crippen LogP contribution in [0, 0.1) is 20.8 Å². The van der Waals surface area contributed by atoms with Gasteiger partial charge in [-0.15, -0.1) is 0 Å².